The minimum absolute atomic E-state index is 0.0840. The van der Waals surface area contributed by atoms with Gasteiger partial charge in [-0.1, -0.05) is 37.3 Å². The van der Waals surface area contributed by atoms with Crippen LogP contribution in [0.25, 0.3) is 0 Å². The third-order valence-corrected chi connectivity index (χ3v) is 8.13. The maximum Gasteiger partial charge on any atom is 0.142 e. The Bertz CT molecular complexity index is 976. The van der Waals surface area contributed by atoms with Crippen LogP contribution in [0.15, 0.2) is 42.5 Å². The normalized spacial score (nSPS) is 22.1. The molecule has 1 fully saturated rings. The highest BCUT2D eigenvalue weighted by Crippen LogP contribution is 2.34. The number of anilines is 1. The molecule has 2 N–H and O–H groups in total. The molecule has 38 heavy (non-hydrogen) atoms. The second-order valence-corrected chi connectivity index (χ2v) is 11.3. The quantitative estimate of drug-likeness (QED) is 0.345. The van der Waals surface area contributed by atoms with Crippen LogP contribution in [-0.4, -0.2) is 82.4 Å². The van der Waals surface area contributed by atoms with Crippen molar-refractivity contribution in [1.29, 1.82) is 0 Å². The number of hydrogen-bond donors (Lipinski definition) is 2. The molecule has 0 radical (unpaired) electrons. The van der Waals surface area contributed by atoms with Gasteiger partial charge in [0.2, 0.25) is 0 Å². The Labute approximate surface area is 232 Å². The number of nitrogens with zero attached hydrogens (tertiary/aromatic N) is 1. The molecule has 2 aliphatic rings. The number of β-amino-alcohol motifs (C(OH)–C–C–N with tert-alkyl or cyclic N) is 1. The van der Waals surface area contributed by atoms with Gasteiger partial charge in [-0.05, 0) is 53.2 Å². The van der Waals surface area contributed by atoms with Gasteiger partial charge < -0.3 is 34.3 Å². The van der Waals surface area contributed by atoms with Crippen molar-refractivity contribution in [3.05, 3.63) is 59.2 Å². The molecule has 0 aromatic heterocycles. The van der Waals surface area contributed by atoms with Gasteiger partial charge in [-0.2, -0.15) is 11.8 Å². The highest BCUT2D eigenvalue weighted by atomic mass is 32.2. The molecule has 0 spiro atoms. The molecule has 2 aromatic rings. The van der Waals surface area contributed by atoms with Gasteiger partial charge in [0.1, 0.15) is 12.4 Å². The van der Waals surface area contributed by atoms with Crippen LogP contribution >= 0.6 is 11.8 Å². The summed E-state index contributed by atoms with van der Waals surface area (Å²) in [6.07, 6.45) is 2.48. The van der Waals surface area contributed by atoms with Crippen molar-refractivity contribution >= 4 is 17.4 Å². The molecule has 0 bridgehead atoms. The molecule has 0 saturated carbocycles. The minimum atomic E-state index is -0.503. The van der Waals surface area contributed by atoms with Gasteiger partial charge in [0.05, 0.1) is 44.3 Å². The largest absolute Gasteiger partial charge is 0.490 e. The first-order chi connectivity index (χ1) is 18.6. The number of methoxy groups -OCH3 is 1. The molecule has 1 saturated heterocycles. The zero-order valence-electron chi connectivity index (χ0n) is 23.1. The van der Waals surface area contributed by atoms with E-state index >= 15 is 0 Å². The molecule has 2 heterocycles. The standard InChI is InChI=1S/C30H44N2O5S/c1-22(21-38-3)18-35-19-23-5-8-25(9-6-23)30-27(33)16-31-17-29(30)37-20-24-7-10-28-26(15-24)32(12-14-36-28)11-4-13-34-2/h5-10,15,22,27,29-31,33H,4,11-14,16-21H2,1-3H3/t22-,27-,29+,30?/m1/s1. The van der Waals surface area contributed by atoms with Gasteiger partial charge in [0.25, 0.3) is 0 Å². The molecule has 4 rings (SSSR count). The first kappa shape index (κ1) is 29.2. The van der Waals surface area contributed by atoms with Crippen LogP contribution in [0.5, 0.6) is 5.75 Å². The summed E-state index contributed by atoms with van der Waals surface area (Å²) in [7, 11) is 1.74. The molecule has 2 aromatic carbocycles. The summed E-state index contributed by atoms with van der Waals surface area (Å²) < 4.78 is 23.5. The highest BCUT2D eigenvalue weighted by Gasteiger charge is 2.34. The molecule has 0 aliphatic carbocycles. The average molecular weight is 545 g/mol. The summed E-state index contributed by atoms with van der Waals surface area (Å²) in [5.74, 6) is 2.50. The monoisotopic (exact) mass is 544 g/mol. The summed E-state index contributed by atoms with van der Waals surface area (Å²) in [4.78, 5) is 2.37. The fraction of sp³-hybridized carbons (Fsp3) is 0.600. The lowest BCUT2D eigenvalue weighted by Gasteiger charge is -2.36. The van der Waals surface area contributed by atoms with E-state index in [1.807, 2.05) is 17.8 Å². The van der Waals surface area contributed by atoms with E-state index in [1.165, 1.54) is 0 Å². The van der Waals surface area contributed by atoms with Crippen LogP contribution < -0.4 is 15.0 Å². The SMILES string of the molecule is COCCCN1CCOc2ccc(CO[C@H]3CNC[C@@H](O)C3c3ccc(COC[C@@H](C)CSC)cc3)cc21. The number of thioether (sulfide) groups is 1. The van der Waals surface area contributed by atoms with E-state index in [0.717, 1.165) is 66.6 Å². The van der Waals surface area contributed by atoms with Gasteiger partial charge >= 0.3 is 0 Å². The van der Waals surface area contributed by atoms with Crippen LogP contribution in [0.4, 0.5) is 5.69 Å². The molecular formula is C30H44N2O5S. The summed E-state index contributed by atoms with van der Waals surface area (Å²) in [5, 5.41) is 14.2. The number of rotatable bonds is 14. The lowest BCUT2D eigenvalue weighted by atomic mass is 9.85. The summed E-state index contributed by atoms with van der Waals surface area (Å²) >= 11 is 1.85. The number of hydrogen-bond acceptors (Lipinski definition) is 8. The Morgan fingerprint density at radius 1 is 1.13 bits per heavy atom. The van der Waals surface area contributed by atoms with Gasteiger partial charge in [-0.3, -0.25) is 0 Å². The maximum atomic E-state index is 10.9. The summed E-state index contributed by atoms with van der Waals surface area (Å²) in [5.41, 5.74) is 4.48. The van der Waals surface area contributed by atoms with E-state index < -0.39 is 6.10 Å². The van der Waals surface area contributed by atoms with E-state index in [2.05, 4.69) is 59.8 Å². The molecular weight excluding hydrogens is 500 g/mol. The summed E-state index contributed by atoms with van der Waals surface area (Å²) in [6, 6.07) is 14.8. The van der Waals surface area contributed by atoms with Crippen molar-refractivity contribution < 1.29 is 24.1 Å². The lowest BCUT2D eigenvalue weighted by Crippen LogP contribution is -2.49. The Morgan fingerprint density at radius 2 is 1.95 bits per heavy atom. The number of fused-ring (bicyclic) bond motifs is 1. The van der Waals surface area contributed by atoms with Crippen LogP contribution in [0.1, 0.15) is 36.0 Å². The zero-order chi connectivity index (χ0) is 26.7. The smallest absolute Gasteiger partial charge is 0.142 e. The van der Waals surface area contributed by atoms with Crippen molar-refractivity contribution in [1.82, 2.24) is 5.32 Å². The van der Waals surface area contributed by atoms with Crippen LogP contribution in [0, 0.1) is 5.92 Å². The predicted octanol–water partition coefficient (Wildman–Crippen LogP) is 4.07. The first-order valence-electron chi connectivity index (χ1n) is 13.7. The number of piperidine rings is 1. The molecule has 210 valence electrons. The van der Waals surface area contributed by atoms with Crippen molar-refractivity contribution in [2.45, 2.75) is 44.7 Å². The van der Waals surface area contributed by atoms with Crippen molar-refractivity contribution in [2.75, 3.05) is 70.0 Å². The molecule has 0 amide bonds. The fourth-order valence-electron chi connectivity index (χ4n) is 5.26. The van der Waals surface area contributed by atoms with E-state index in [4.69, 9.17) is 18.9 Å². The fourth-order valence-corrected chi connectivity index (χ4v) is 5.93. The number of aliphatic hydroxyl groups is 1. The van der Waals surface area contributed by atoms with Gasteiger partial charge in [-0.25, -0.2) is 0 Å². The lowest BCUT2D eigenvalue weighted by molar-refractivity contribution is -0.0328. The molecule has 8 heteroatoms. The molecule has 4 atom stereocenters. The van der Waals surface area contributed by atoms with Gasteiger partial charge in [0, 0.05) is 39.3 Å². The predicted molar refractivity (Wildman–Crippen MR) is 154 cm³/mol. The third kappa shape index (κ3) is 8.10. The molecule has 2 aliphatic heterocycles. The van der Waals surface area contributed by atoms with E-state index in [-0.39, 0.29) is 12.0 Å². The van der Waals surface area contributed by atoms with Crippen molar-refractivity contribution in [3.8, 4) is 5.75 Å². The van der Waals surface area contributed by atoms with Crippen LogP contribution in [0.2, 0.25) is 0 Å². The second kappa shape index (κ2) is 15.1. The maximum absolute atomic E-state index is 10.9. The number of nitrogens with one attached hydrogen (secondary N) is 1. The highest BCUT2D eigenvalue weighted by molar-refractivity contribution is 7.98. The Morgan fingerprint density at radius 3 is 2.74 bits per heavy atom. The van der Waals surface area contributed by atoms with E-state index in [9.17, 15) is 5.11 Å². The van der Waals surface area contributed by atoms with Crippen LogP contribution in [-0.2, 0) is 27.4 Å². The first-order valence-corrected chi connectivity index (χ1v) is 15.1. The Balaban J connectivity index is 1.37. The second-order valence-electron chi connectivity index (χ2n) is 10.4. The Hall–Kier alpha value is -1.81. The number of ether oxygens (including phenoxy) is 4. The summed E-state index contributed by atoms with van der Waals surface area (Å²) in [6.45, 7) is 8.61. The average Bonchev–Trinajstić information content (AvgIpc) is 2.93. The van der Waals surface area contributed by atoms with E-state index in [0.29, 0.717) is 38.8 Å². The minimum Gasteiger partial charge on any atom is -0.490 e. The van der Waals surface area contributed by atoms with Crippen LogP contribution in [0.3, 0.4) is 0 Å². The zero-order valence-corrected chi connectivity index (χ0v) is 23.9. The Kier molecular flexibility index (Phi) is 11.6. The van der Waals surface area contributed by atoms with Gasteiger partial charge in [-0.15, -0.1) is 0 Å². The topological polar surface area (TPSA) is 72.4 Å². The van der Waals surface area contributed by atoms with Crippen molar-refractivity contribution in [3.63, 3.8) is 0 Å². The third-order valence-electron chi connectivity index (χ3n) is 7.22. The number of aliphatic hydroxyl groups excluding tert-OH is 1. The molecule has 1 unspecified atom stereocenters. The van der Waals surface area contributed by atoms with E-state index in [1.54, 1.807) is 7.11 Å². The molecule has 7 nitrogen and oxygen atoms in total. The van der Waals surface area contributed by atoms with Crippen molar-refractivity contribution in [2.24, 2.45) is 5.92 Å². The van der Waals surface area contributed by atoms with Gasteiger partial charge in [0.15, 0.2) is 0 Å². The number of benzene rings is 2.